The molecule has 1 aliphatic carbocycles. The molecule has 0 spiro atoms. The number of ether oxygens (including phenoxy) is 1. The second-order valence-corrected chi connectivity index (χ2v) is 9.68. The molecule has 6 nitrogen and oxygen atoms in total. The van der Waals surface area contributed by atoms with E-state index >= 15 is 0 Å². The number of benzene rings is 1. The molecule has 2 atom stereocenters. The maximum absolute atomic E-state index is 13.6. The van der Waals surface area contributed by atoms with Gasteiger partial charge in [0.2, 0.25) is 0 Å². The molecule has 6 rings (SSSR count). The molecule has 1 aliphatic heterocycles. The lowest BCUT2D eigenvalue weighted by molar-refractivity contribution is 0.120. The first-order valence-corrected chi connectivity index (χ1v) is 11.6. The topological polar surface area (TPSA) is 68.5 Å². The van der Waals surface area contributed by atoms with Gasteiger partial charge in [-0.1, -0.05) is 31.2 Å². The molecule has 4 heterocycles. The van der Waals surface area contributed by atoms with E-state index in [1.807, 2.05) is 24.3 Å². The minimum absolute atomic E-state index is 0.0482. The molecule has 0 amide bonds. The van der Waals surface area contributed by atoms with Crippen LogP contribution in [0, 0.1) is 5.92 Å². The van der Waals surface area contributed by atoms with Gasteiger partial charge in [0.1, 0.15) is 4.83 Å². The number of nitrogens with zero attached hydrogens (tertiary/aromatic N) is 3. The summed E-state index contributed by atoms with van der Waals surface area (Å²) in [4.78, 5) is 20.7. The van der Waals surface area contributed by atoms with Crippen molar-refractivity contribution in [3.05, 3.63) is 45.1 Å². The van der Waals surface area contributed by atoms with Gasteiger partial charge >= 0.3 is 0 Å². The summed E-state index contributed by atoms with van der Waals surface area (Å²) in [5.41, 5.74) is 1.79. The van der Waals surface area contributed by atoms with Crippen molar-refractivity contribution in [2.45, 2.75) is 45.1 Å². The summed E-state index contributed by atoms with van der Waals surface area (Å²) in [5.74, 6) is 1.38. The van der Waals surface area contributed by atoms with Gasteiger partial charge in [-0.05, 0) is 43.6 Å². The zero-order valence-corrected chi connectivity index (χ0v) is 17.8. The molecule has 30 heavy (non-hydrogen) atoms. The summed E-state index contributed by atoms with van der Waals surface area (Å²) >= 11 is 1.69. The zero-order valence-electron chi connectivity index (χ0n) is 17.0. The predicted octanol–water partition coefficient (Wildman–Crippen LogP) is 4.17. The van der Waals surface area contributed by atoms with Crippen LogP contribution in [0.5, 0.6) is 0 Å². The summed E-state index contributed by atoms with van der Waals surface area (Å²) in [6, 6.07) is 8.05. The summed E-state index contributed by atoms with van der Waals surface area (Å²) in [6.07, 6.45) is 5.47. The van der Waals surface area contributed by atoms with E-state index in [1.54, 1.807) is 11.3 Å². The van der Waals surface area contributed by atoms with Gasteiger partial charge in [0.25, 0.3) is 5.56 Å². The second-order valence-electron chi connectivity index (χ2n) is 8.59. The van der Waals surface area contributed by atoms with Gasteiger partial charge in [-0.3, -0.25) is 4.79 Å². The third-order valence-electron chi connectivity index (χ3n) is 6.45. The molecule has 2 aliphatic rings. The minimum atomic E-state index is -0.0482. The molecule has 1 aromatic carbocycles. The number of rotatable bonds is 3. The molecule has 1 saturated heterocycles. The predicted molar refractivity (Wildman–Crippen MR) is 121 cm³/mol. The highest BCUT2D eigenvalue weighted by atomic mass is 32.1. The van der Waals surface area contributed by atoms with Crippen LogP contribution in [0.1, 0.15) is 36.6 Å². The van der Waals surface area contributed by atoms with E-state index in [2.05, 4.69) is 12.2 Å². The molecule has 3 aromatic heterocycles. The number of nitrogens with one attached hydrogen (secondary N) is 1. The van der Waals surface area contributed by atoms with Gasteiger partial charge in [0.05, 0.1) is 11.5 Å². The Labute approximate surface area is 177 Å². The maximum atomic E-state index is 13.6. The van der Waals surface area contributed by atoms with Crippen molar-refractivity contribution in [1.29, 1.82) is 0 Å². The Balaban J connectivity index is 1.57. The van der Waals surface area contributed by atoms with Crippen molar-refractivity contribution in [2.75, 3.05) is 18.5 Å². The van der Waals surface area contributed by atoms with Crippen LogP contribution in [0.2, 0.25) is 0 Å². The van der Waals surface area contributed by atoms with E-state index in [0.29, 0.717) is 18.1 Å². The molecule has 7 heteroatoms. The number of hydrogen-bond acceptors (Lipinski definition) is 6. The normalized spacial score (nSPS) is 21.5. The van der Waals surface area contributed by atoms with Crippen molar-refractivity contribution in [3.63, 3.8) is 0 Å². The number of hydrogen-bond donors (Lipinski definition) is 1. The molecule has 154 valence electrons. The largest absolute Gasteiger partial charge is 0.376 e. The van der Waals surface area contributed by atoms with Crippen LogP contribution in [0.15, 0.2) is 29.1 Å². The smallest absolute Gasteiger partial charge is 0.283 e. The van der Waals surface area contributed by atoms with E-state index in [9.17, 15) is 4.79 Å². The summed E-state index contributed by atoms with van der Waals surface area (Å²) in [6.45, 7) is 3.80. The van der Waals surface area contributed by atoms with Gasteiger partial charge in [-0.25, -0.2) is 4.98 Å². The summed E-state index contributed by atoms with van der Waals surface area (Å²) < 4.78 is 7.25. The monoisotopic (exact) mass is 420 g/mol. The quantitative estimate of drug-likeness (QED) is 0.504. The SMILES string of the molecule is CC1CCc2c(sc3nc4c5ccccc5c(NCC5CCCO5)nn4c(=O)c23)C1. The number of fused-ring (bicyclic) bond motifs is 6. The highest BCUT2D eigenvalue weighted by molar-refractivity contribution is 7.18. The third kappa shape index (κ3) is 2.83. The average Bonchev–Trinajstić information content (AvgIpc) is 3.39. The Hall–Kier alpha value is -2.51. The van der Waals surface area contributed by atoms with Crippen LogP contribution in [-0.4, -0.2) is 33.9 Å². The zero-order chi connectivity index (χ0) is 20.2. The second kappa shape index (κ2) is 7.03. The first-order valence-electron chi connectivity index (χ1n) is 10.8. The van der Waals surface area contributed by atoms with Crippen LogP contribution >= 0.6 is 11.3 Å². The Morgan fingerprint density at radius 2 is 2.13 bits per heavy atom. The van der Waals surface area contributed by atoms with Gasteiger partial charge in [-0.2, -0.15) is 4.52 Å². The molecular formula is C23H24N4O2S. The lowest BCUT2D eigenvalue weighted by Gasteiger charge is -2.17. The van der Waals surface area contributed by atoms with E-state index in [0.717, 1.165) is 65.5 Å². The fourth-order valence-corrected chi connectivity index (χ4v) is 6.21. The molecular weight excluding hydrogens is 396 g/mol. The van der Waals surface area contributed by atoms with Gasteiger partial charge in [0.15, 0.2) is 11.5 Å². The third-order valence-corrected chi connectivity index (χ3v) is 7.60. The number of aryl methyl sites for hydroxylation is 1. The highest BCUT2D eigenvalue weighted by Crippen LogP contribution is 2.36. The van der Waals surface area contributed by atoms with Gasteiger partial charge in [-0.15, -0.1) is 16.4 Å². The maximum Gasteiger partial charge on any atom is 0.283 e. The Morgan fingerprint density at radius 1 is 1.27 bits per heavy atom. The Bertz CT molecular complexity index is 1340. The fraction of sp³-hybridized carbons (Fsp3) is 0.435. The summed E-state index contributed by atoms with van der Waals surface area (Å²) in [7, 11) is 0. The van der Waals surface area contributed by atoms with Gasteiger partial charge < -0.3 is 10.1 Å². The molecule has 1 N–H and O–H groups in total. The fourth-order valence-electron chi connectivity index (χ4n) is 4.83. The van der Waals surface area contributed by atoms with Crippen LogP contribution < -0.4 is 10.9 Å². The molecule has 0 radical (unpaired) electrons. The van der Waals surface area contributed by atoms with Crippen LogP contribution in [-0.2, 0) is 17.6 Å². The molecule has 1 fully saturated rings. The van der Waals surface area contributed by atoms with E-state index in [-0.39, 0.29) is 11.7 Å². The van der Waals surface area contributed by atoms with Crippen molar-refractivity contribution >= 4 is 43.8 Å². The van der Waals surface area contributed by atoms with E-state index in [1.165, 1.54) is 15.0 Å². The van der Waals surface area contributed by atoms with Crippen LogP contribution in [0.4, 0.5) is 5.82 Å². The first-order chi connectivity index (χ1) is 14.7. The standard InChI is InChI=1S/C23H24N4O2S/c1-13-8-9-17-18(11-13)30-22-19(17)23(28)27-21(25-22)16-7-3-2-6-15(16)20(26-27)24-12-14-5-4-10-29-14/h2-3,6-7,13-14H,4-5,8-12H2,1H3,(H,24,26). The van der Waals surface area contributed by atoms with Crippen molar-refractivity contribution in [1.82, 2.24) is 14.6 Å². The van der Waals surface area contributed by atoms with Crippen molar-refractivity contribution in [2.24, 2.45) is 5.92 Å². The lowest BCUT2D eigenvalue weighted by atomic mass is 9.89. The lowest BCUT2D eigenvalue weighted by Crippen LogP contribution is -2.23. The number of aromatic nitrogens is 3. The van der Waals surface area contributed by atoms with E-state index < -0.39 is 0 Å². The van der Waals surface area contributed by atoms with E-state index in [4.69, 9.17) is 14.8 Å². The Kier molecular flexibility index (Phi) is 4.28. The number of thiophene rings is 1. The minimum Gasteiger partial charge on any atom is -0.376 e. The molecule has 0 saturated carbocycles. The van der Waals surface area contributed by atoms with Crippen molar-refractivity contribution < 1.29 is 4.74 Å². The summed E-state index contributed by atoms with van der Waals surface area (Å²) in [5, 5.41) is 10.9. The Morgan fingerprint density at radius 3 is 2.97 bits per heavy atom. The van der Waals surface area contributed by atoms with Crippen LogP contribution in [0.25, 0.3) is 26.6 Å². The molecule has 2 unspecified atom stereocenters. The average molecular weight is 421 g/mol. The molecule has 0 bridgehead atoms. The van der Waals surface area contributed by atoms with Gasteiger partial charge in [0, 0.05) is 28.8 Å². The highest BCUT2D eigenvalue weighted by Gasteiger charge is 2.25. The molecule has 4 aromatic rings. The van der Waals surface area contributed by atoms with Crippen molar-refractivity contribution in [3.8, 4) is 0 Å². The van der Waals surface area contributed by atoms with Crippen LogP contribution in [0.3, 0.4) is 0 Å². The number of anilines is 1. The first kappa shape index (κ1) is 18.3.